The van der Waals surface area contributed by atoms with Crippen molar-refractivity contribution in [3.05, 3.63) is 42.5 Å². The molecule has 0 radical (unpaired) electrons. The molecule has 0 saturated carbocycles. The zero-order valence-corrected chi connectivity index (χ0v) is 18.2. The number of carbonyl (C=O) groups excluding carboxylic acids is 2. The highest BCUT2D eigenvalue weighted by atomic mass is 16.2. The maximum Gasteiger partial charge on any atom is 0.225 e. The van der Waals surface area contributed by atoms with Gasteiger partial charge in [0, 0.05) is 57.7 Å². The first-order chi connectivity index (χ1) is 15.6. The molecule has 0 N–H and O–H groups in total. The molecule has 0 atom stereocenters. The fourth-order valence-corrected chi connectivity index (χ4v) is 4.57. The van der Waals surface area contributed by atoms with Gasteiger partial charge in [0.25, 0.3) is 0 Å². The van der Waals surface area contributed by atoms with Gasteiger partial charge in [-0.3, -0.25) is 9.59 Å². The third kappa shape index (κ3) is 3.90. The number of amides is 2. The largest absolute Gasteiger partial charge is 0.355 e. The third-order valence-electron chi connectivity index (χ3n) is 6.49. The molecule has 5 rings (SSSR count). The number of piperazine rings is 1. The van der Waals surface area contributed by atoms with Gasteiger partial charge in [-0.15, -0.1) is 15.3 Å². The summed E-state index contributed by atoms with van der Waals surface area (Å²) in [5.74, 6) is 1.93. The van der Waals surface area contributed by atoms with Crippen molar-refractivity contribution in [3.63, 3.8) is 0 Å². The van der Waals surface area contributed by atoms with Gasteiger partial charge in [-0.2, -0.15) is 4.52 Å². The van der Waals surface area contributed by atoms with Crippen molar-refractivity contribution < 1.29 is 9.59 Å². The standard InChI is InChI=1S/C23H27N7O2/c1-17(31)27-13-15-29(16-14-27)23(32)19-9-11-28(12-10-19)21-8-7-20-24-25-22(30(20)26-21)18-5-3-2-4-6-18/h2-8,19H,9-16H2,1H3. The van der Waals surface area contributed by atoms with Gasteiger partial charge >= 0.3 is 0 Å². The second-order valence-corrected chi connectivity index (χ2v) is 8.44. The number of hydrogen-bond donors (Lipinski definition) is 0. The summed E-state index contributed by atoms with van der Waals surface area (Å²) < 4.78 is 1.79. The normalized spacial score (nSPS) is 17.7. The van der Waals surface area contributed by atoms with Crippen LogP contribution in [0.2, 0.25) is 0 Å². The second kappa shape index (κ2) is 8.57. The fourth-order valence-electron chi connectivity index (χ4n) is 4.57. The van der Waals surface area contributed by atoms with Crippen LogP contribution >= 0.6 is 0 Å². The lowest BCUT2D eigenvalue weighted by Gasteiger charge is -2.38. The summed E-state index contributed by atoms with van der Waals surface area (Å²) in [5, 5.41) is 13.4. The predicted molar refractivity (Wildman–Crippen MR) is 120 cm³/mol. The molecule has 1 aromatic carbocycles. The van der Waals surface area contributed by atoms with Crippen LogP contribution in [-0.4, -0.2) is 80.7 Å². The maximum atomic E-state index is 13.0. The van der Waals surface area contributed by atoms with Gasteiger partial charge in [-0.05, 0) is 25.0 Å². The molecule has 2 fully saturated rings. The quantitative estimate of drug-likeness (QED) is 0.625. The van der Waals surface area contributed by atoms with E-state index in [1.807, 2.05) is 52.3 Å². The van der Waals surface area contributed by atoms with Crippen molar-refractivity contribution in [2.24, 2.45) is 5.92 Å². The van der Waals surface area contributed by atoms with Crippen molar-refractivity contribution in [2.45, 2.75) is 19.8 Å². The summed E-state index contributed by atoms with van der Waals surface area (Å²) in [6.45, 7) is 5.68. The van der Waals surface area contributed by atoms with E-state index in [1.54, 1.807) is 11.4 Å². The number of aromatic nitrogens is 4. The Morgan fingerprint density at radius 1 is 0.844 bits per heavy atom. The molecular weight excluding hydrogens is 406 g/mol. The van der Waals surface area contributed by atoms with E-state index in [9.17, 15) is 9.59 Å². The number of hydrogen-bond acceptors (Lipinski definition) is 6. The molecule has 0 bridgehead atoms. The van der Waals surface area contributed by atoms with E-state index in [0.29, 0.717) is 31.8 Å². The predicted octanol–water partition coefficient (Wildman–Crippen LogP) is 1.70. The number of fused-ring (bicyclic) bond motifs is 1. The van der Waals surface area contributed by atoms with Crippen LogP contribution in [0.3, 0.4) is 0 Å². The molecule has 9 heteroatoms. The molecule has 0 spiro atoms. The molecule has 32 heavy (non-hydrogen) atoms. The van der Waals surface area contributed by atoms with Crippen LogP contribution in [0.5, 0.6) is 0 Å². The molecule has 3 aromatic rings. The summed E-state index contributed by atoms with van der Waals surface area (Å²) in [6.07, 6.45) is 1.61. The average Bonchev–Trinajstić information content (AvgIpc) is 3.27. The van der Waals surface area contributed by atoms with Gasteiger partial charge < -0.3 is 14.7 Å². The topological polar surface area (TPSA) is 86.9 Å². The average molecular weight is 434 g/mol. The molecule has 0 aliphatic carbocycles. The van der Waals surface area contributed by atoms with E-state index in [1.165, 1.54) is 0 Å². The molecular formula is C23H27N7O2. The Morgan fingerprint density at radius 3 is 2.22 bits per heavy atom. The number of piperidine rings is 1. The lowest BCUT2D eigenvalue weighted by Crippen LogP contribution is -2.52. The van der Waals surface area contributed by atoms with Crippen molar-refractivity contribution in [1.29, 1.82) is 0 Å². The fraction of sp³-hybridized carbons (Fsp3) is 0.435. The van der Waals surface area contributed by atoms with Crippen LogP contribution in [0, 0.1) is 5.92 Å². The van der Waals surface area contributed by atoms with Crippen LogP contribution in [-0.2, 0) is 9.59 Å². The van der Waals surface area contributed by atoms with Gasteiger partial charge in [-0.1, -0.05) is 30.3 Å². The van der Waals surface area contributed by atoms with Crippen molar-refractivity contribution in [3.8, 4) is 11.4 Å². The van der Waals surface area contributed by atoms with E-state index in [0.717, 1.165) is 43.1 Å². The van der Waals surface area contributed by atoms with Crippen molar-refractivity contribution in [1.82, 2.24) is 29.6 Å². The van der Waals surface area contributed by atoms with Gasteiger partial charge in [0.05, 0.1) is 0 Å². The van der Waals surface area contributed by atoms with Gasteiger partial charge in [-0.25, -0.2) is 0 Å². The number of anilines is 1. The molecule has 2 saturated heterocycles. The van der Waals surface area contributed by atoms with E-state index in [2.05, 4.69) is 15.1 Å². The Morgan fingerprint density at radius 2 is 1.53 bits per heavy atom. The highest BCUT2D eigenvalue weighted by Crippen LogP contribution is 2.25. The van der Waals surface area contributed by atoms with Crippen LogP contribution < -0.4 is 4.90 Å². The minimum absolute atomic E-state index is 0.0358. The monoisotopic (exact) mass is 433 g/mol. The molecule has 166 valence electrons. The maximum absolute atomic E-state index is 13.0. The van der Waals surface area contributed by atoms with E-state index in [4.69, 9.17) is 5.10 Å². The smallest absolute Gasteiger partial charge is 0.225 e. The van der Waals surface area contributed by atoms with Gasteiger partial charge in [0.1, 0.15) is 5.82 Å². The van der Waals surface area contributed by atoms with Crippen molar-refractivity contribution >= 4 is 23.3 Å². The van der Waals surface area contributed by atoms with E-state index >= 15 is 0 Å². The summed E-state index contributed by atoms with van der Waals surface area (Å²) in [4.78, 5) is 30.5. The Balaban J connectivity index is 1.24. The number of nitrogens with zero attached hydrogens (tertiary/aromatic N) is 7. The minimum Gasteiger partial charge on any atom is -0.355 e. The van der Waals surface area contributed by atoms with Crippen LogP contribution in [0.15, 0.2) is 42.5 Å². The summed E-state index contributed by atoms with van der Waals surface area (Å²) >= 11 is 0. The van der Waals surface area contributed by atoms with Crippen LogP contribution in [0.4, 0.5) is 5.82 Å². The lowest BCUT2D eigenvalue weighted by molar-refractivity contribution is -0.141. The Kier molecular flexibility index (Phi) is 5.46. The van der Waals surface area contributed by atoms with Crippen LogP contribution in [0.1, 0.15) is 19.8 Å². The minimum atomic E-state index is 0.0358. The second-order valence-electron chi connectivity index (χ2n) is 8.44. The molecule has 2 aliphatic heterocycles. The number of rotatable bonds is 3. The summed E-state index contributed by atoms with van der Waals surface area (Å²) in [7, 11) is 0. The zero-order valence-electron chi connectivity index (χ0n) is 18.2. The molecule has 0 unspecified atom stereocenters. The Bertz CT molecular complexity index is 1110. The zero-order chi connectivity index (χ0) is 22.1. The van der Waals surface area contributed by atoms with E-state index in [-0.39, 0.29) is 17.7 Å². The number of carbonyl (C=O) groups is 2. The molecule has 4 heterocycles. The third-order valence-corrected chi connectivity index (χ3v) is 6.49. The lowest BCUT2D eigenvalue weighted by atomic mass is 9.95. The molecule has 9 nitrogen and oxygen atoms in total. The Labute approximate surface area is 186 Å². The highest BCUT2D eigenvalue weighted by Gasteiger charge is 2.31. The van der Waals surface area contributed by atoms with Crippen molar-refractivity contribution in [2.75, 3.05) is 44.2 Å². The first kappa shape index (κ1) is 20.4. The van der Waals surface area contributed by atoms with Gasteiger partial charge in [0.15, 0.2) is 11.5 Å². The first-order valence-electron chi connectivity index (χ1n) is 11.2. The number of benzene rings is 1. The summed E-state index contributed by atoms with van der Waals surface area (Å²) in [5.41, 5.74) is 1.68. The highest BCUT2D eigenvalue weighted by molar-refractivity contribution is 5.80. The Hall–Kier alpha value is -3.49. The van der Waals surface area contributed by atoms with Gasteiger partial charge in [0.2, 0.25) is 11.8 Å². The summed E-state index contributed by atoms with van der Waals surface area (Å²) in [6, 6.07) is 13.8. The SMILES string of the molecule is CC(=O)N1CCN(C(=O)C2CCN(c3ccc4nnc(-c5ccccc5)n4n3)CC2)CC1. The van der Waals surface area contributed by atoms with Crippen LogP contribution in [0.25, 0.3) is 17.0 Å². The molecule has 2 aliphatic rings. The molecule has 2 amide bonds. The molecule has 2 aromatic heterocycles. The first-order valence-corrected chi connectivity index (χ1v) is 11.2. The van der Waals surface area contributed by atoms with E-state index < -0.39 is 0 Å².